The van der Waals surface area contributed by atoms with Crippen LogP contribution in [-0.4, -0.2) is 10.4 Å². The van der Waals surface area contributed by atoms with Gasteiger partial charge in [0.05, 0.1) is 0 Å². The SMILES string of the molecule is O=C(c1ccc(Cl)cc1)c1cn(C2CCCC2)c2ccccc12. The average Bonchev–Trinajstić information content (AvgIpc) is 3.22. The molecule has 0 radical (unpaired) electrons. The second-order valence-electron chi connectivity index (χ2n) is 6.24. The molecule has 1 aromatic heterocycles. The molecule has 0 aliphatic heterocycles. The maximum atomic E-state index is 12.9. The Balaban J connectivity index is 1.83. The van der Waals surface area contributed by atoms with Gasteiger partial charge in [-0.2, -0.15) is 0 Å². The summed E-state index contributed by atoms with van der Waals surface area (Å²) < 4.78 is 2.31. The first-order valence-electron chi connectivity index (χ1n) is 8.14. The third-order valence-electron chi connectivity index (χ3n) is 4.81. The first-order chi connectivity index (χ1) is 11.2. The summed E-state index contributed by atoms with van der Waals surface area (Å²) in [5, 5.41) is 1.69. The van der Waals surface area contributed by atoms with Crippen molar-refractivity contribution in [3.8, 4) is 0 Å². The second-order valence-corrected chi connectivity index (χ2v) is 6.68. The number of halogens is 1. The van der Waals surface area contributed by atoms with Crippen LogP contribution in [0.3, 0.4) is 0 Å². The number of fused-ring (bicyclic) bond motifs is 1. The van der Waals surface area contributed by atoms with Crippen LogP contribution >= 0.6 is 11.6 Å². The number of nitrogens with zero attached hydrogens (tertiary/aromatic N) is 1. The molecule has 3 heteroatoms. The molecule has 0 spiro atoms. The van der Waals surface area contributed by atoms with E-state index in [2.05, 4.69) is 16.8 Å². The van der Waals surface area contributed by atoms with Gasteiger partial charge in [0.2, 0.25) is 0 Å². The molecule has 1 aliphatic carbocycles. The van der Waals surface area contributed by atoms with Gasteiger partial charge < -0.3 is 4.57 Å². The molecule has 0 unspecified atom stereocenters. The summed E-state index contributed by atoms with van der Waals surface area (Å²) in [6, 6.07) is 15.9. The number of hydrogen-bond acceptors (Lipinski definition) is 1. The largest absolute Gasteiger partial charge is 0.344 e. The minimum Gasteiger partial charge on any atom is -0.344 e. The lowest BCUT2D eigenvalue weighted by Crippen LogP contribution is -2.03. The highest BCUT2D eigenvalue weighted by molar-refractivity contribution is 6.30. The van der Waals surface area contributed by atoms with E-state index in [9.17, 15) is 4.79 Å². The first-order valence-corrected chi connectivity index (χ1v) is 8.51. The van der Waals surface area contributed by atoms with Gasteiger partial charge in [0, 0.05) is 39.3 Å². The van der Waals surface area contributed by atoms with E-state index in [4.69, 9.17) is 11.6 Å². The summed E-state index contributed by atoms with van der Waals surface area (Å²) in [5.74, 6) is 0.0645. The monoisotopic (exact) mass is 323 g/mol. The van der Waals surface area contributed by atoms with Gasteiger partial charge in [-0.25, -0.2) is 0 Å². The Morgan fingerprint density at radius 1 is 1.00 bits per heavy atom. The highest BCUT2D eigenvalue weighted by Gasteiger charge is 2.22. The molecule has 4 rings (SSSR count). The lowest BCUT2D eigenvalue weighted by molar-refractivity contribution is 0.104. The molecule has 1 aliphatic rings. The van der Waals surface area contributed by atoms with Crippen molar-refractivity contribution in [2.45, 2.75) is 31.7 Å². The predicted molar refractivity (Wildman–Crippen MR) is 94.3 cm³/mol. The Morgan fingerprint density at radius 2 is 1.70 bits per heavy atom. The van der Waals surface area contributed by atoms with Gasteiger partial charge in [-0.3, -0.25) is 4.79 Å². The van der Waals surface area contributed by atoms with E-state index in [0.717, 1.165) is 16.5 Å². The molecule has 1 fully saturated rings. The van der Waals surface area contributed by atoms with Crippen LogP contribution in [0.15, 0.2) is 54.7 Å². The van der Waals surface area contributed by atoms with E-state index in [1.54, 1.807) is 24.3 Å². The van der Waals surface area contributed by atoms with E-state index < -0.39 is 0 Å². The molecular formula is C20H18ClNO. The van der Waals surface area contributed by atoms with Gasteiger partial charge in [0.15, 0.2) is 5.78 Å². The summed E-state index contributed by atoms with van der Waals surface area (Å²) in [5.41, 5.74) is 2.63. The van der Waals surface area contributed by atoms with Crippen molar-refractivity contribution in [3.05, 3.63) is 70.9 Å². The molecule has 0 N–H and O–H groups in total. The third-order valence-corrected chi connectivity index (χ3v) is 5.06. The fraction of sp³-hybridized carbons (Fsp3) is 0.250. The topological polar surface area (TPSA) is 22.0 Å². The Kier molecular flexibility index (Phi) is 3.70. The second kappa shape index (κ2) is 5.86. The van der Waals surface area contributed by atoms with Crippen molar-refractivity contribution in [1.82, 2.24) is 4.57 Å². The lowest BCUT2D eigenvalue weighted by Gasteiger charge is -2.12. The van der Waals surface area contributed by atoms with Crippen molar-refractivity contribution >= 4 is 28.3 Å². The smallest absolute Gasteiger partial charge is 0.195 e. The summed E-state index contributed by atoms with van der Waals surface area (Å²) in [7, 11) is 0. The molecule has 3 aromatic rings. The Bertz CT molecular complexity index is 857. The molecule has 0 atom stereocenters. The number of hydrogen-bond donors (Lipinski definition) is 0. The maximum Gasteiger partial charge on any atom is 0.195 e. The van der Waals surface area contributed by atoms with Crippen LogP contribution in [-0.2, 0) is 0 Å². The number of rotatable bonds is 3. The molecule has 0 saturated heterocycles. The van der Waals surface area contributed by atoms with Crippen LogP contribution in [0.5, 0.6) is 0 Å². The lowest BCUT2D eigenvalue weighted by atomic mass is 10.0. The summed E-state index contributed by atoms with van der Waals surface area (Å²) >= 11 is 5.93. The minimum atomic E-state index is 0.0645. The Morgan fingerprint density at radius 3 is 2.43 bits per heavy atom. The quantitative estimate of drug-likeness (QED) is 0.572. The summed E-state index contributed by atoms with van der Waals surface area (Å²) in [6.07, 6.45) is 7.01. The Hall–Kier alpha value is -2.06. The zero-order valence-corrected chi connectivity index (χ0v) is 13.6. The molecule has 116 valence electrons. The highest BCUT2D eigenvalue weighted by Crippen LogP contribution is 2.35. The van der Waals surface area contributed by atoms with Gasteiger partial charge in [-0.1, -0.05) is 42.6 Å². The molecular weight excluding hydrogens is 306 g/mol. The molecule has 2 aromatic carbocycles. The number of para-hydroxylation sites is 1. The van der Waals surface area contributed by atoms with Crippen LogP contribution < -0.4 is 0 Å². The minimum absolute atomic E-state index is 0.0645. The fourth-order valence-electron chi connectivity index (χ4n) is 3.63. The number of aromatic nitrogens is 1. The van der Waals surface area contributed by atoms with E-state index in [1.165, 1.54) is 25.7 Å². The molecule has 0 amide bonds. The summed E-state index contributed by atoms with van der Waals surface area (Å²) in [6.45, 7) is 0. The van der Waals surface area contributed by atoms with Gasteiger partial charge >= 0.3 is 0 Å². The van der Waals surface area contributed by atoms with Crippen LogP contribution in [0, 0.1) is 0 Å². The van der Waals surface area contributed by atoms with Crippen LogP contribution in [0.2, 0.25) is 5.02 Å². The maximum absolute atomic E-state index is 12.9. The van der Waals surface area contributed by atoms with E-state index in [1.807, 2.05) is 18.2 Å². The highest BCUT2D eigenvalue weighted by atomic mass is 35.5. The zero-order chi connectivity index (χ0) is 15.8. The van der Waals surface area contributed by atoms with E-state index in [-0.39, 0.29) is 5.78 Å². The first kappa shape index (κ1) is 14.5. The van der Waals surface area contributed by atoms with Crippen molar-refractivity contribution in [2.24, 2.45) is 0 Å². The molecule has 1 heterocycles. The van der Waals surface area contributed by atoms with Gasteiger partial charge in [0.25, 0.3) is 0 Å². The average molecular weight is 324 g/mol. The van der Waals surface area contributed by atoms with Crippen LogP contribution in [0.1, 0.15) is 47.6 Å². The van der Waals surface area contributed by atoms with E-state index >= 15 is 0 Å². The fourth-order valence-corrected chi connectivity index (χ4v) is 3.75. The number of carbonyl (C=O) groups excluding carboxylic acids is 1. The summed E-state index contributed by atoms with van der Waals surface area (Å²) in [4.78, 5) is 12.9. The van der Waals surface area contributed by atoms with Crippen LogP contribution in [0.25, 0.3) is 10.9 Å². The third kappa shape index (κ3) is 2.57. The van der Waals surface area contributed by atoms with E-state index in [0.29, 0.717) is 16.6 Å². The molecule has 0 bridgehead atoms. The molecule has 2 nitrogen and oxygen atoms in total. The predicted octanol–water partition coefficient (Wildman–Crippen LogP) is 5.64. The number of benzene rings is 2. The van der Waals surface area contributed by atoms with Crippen molar-refractivity contribution in [2.75, 3.05) is 0 Å². The molecule has 1 saturated carbocycles. The molecule has 23 heavy (non-hydrogen) atoms. The normalized spacial score (nSPS) is 15.3. The van der Waals surface area contributed by atoms with Crippen molar-refractivity contribution in [3.63, 3.8) is 0 Å². The van der Waals surface area contributed by atoms with Crippen molar-refractivity contribution in [1.29, 1.82) is 0 Å². The number of ketones is 1. The zero-order valence-electron chi connectivity index (χ0n) is 12.8. The van der Waals surface area contributed by atoms with Gasteiger partial charge in [-0.15, -0.1) is 0 Å². The Labute approximate surface area is 140 Å². The van der Waals surface area contributed by atoms with Gasteiger partial charge in [-0.05, 0) is 43.2 Å². The van der Waals surface area contributed by atoms with Gasteiger partial charge in [0.1, 0.15) is 0 Å². The van der Waals surface area contributed by atoms with Crippen LogP contribution in [0.4, 0.5) is 0 Å². The standard InChI is InChI=1S/C20H18ClNO/c21-15-11-9-14(10-12-15)20(23)18-13-22(16-5-1-2-6-16)19-8-4-3-7-17(18)19/h3-4,7-13,16H,1-2,5-6H2. The number of carbonyl (C=O) groups is 1. The van der Waals surface area contributed by atoms with Crippen molar-refractivity contribution < 1.29 is 4.79 Å².